The standard InChI is InChI=1S/C11H15N7O/c1-5(12)2-7(13)18-11(19)6-3-15-10-8(6)9(14)16-4-17-10/h3-5H,2,12H2,1H3,(H2,13,18,19)(H3,14,15,16,17). The third kappa shape index (κ3) is 2.68. The van der Waals surface area contributed by atoms with Crippen LogP contribution in [-0.2, 0) is 0 Å². The summed E-state index contributed by atoms with van der Waals surface area (Å²) in [6, 6.07) is -0.191. The Morgan fingerprint density at radius 3 is 3.00 bits per heavy atom. The molecule has 0 aliphatic carbocycles. The molecule has 0 aliphatic heterocycles. The molecule has 1 amide bonds. The van der Waals surface area contributed by atoms with Crippen LogP contribution >= 0.6 is 0 Å². The summed E-state index contributed by atoms with van der Waals surface area (Å²) in [5, 5.41) is 10.5. The highest BCUT2D eigenvalue weighted by Crippen LogP contribution is 2.20. The van der Waals surface area contributed by atoms with E-state index >= 15 is 0 Å². The highest BCUT2D eigenvalue weighted by atomic mass is 16.1. The molecular weight excluding hydrogens is 246 g/mol. The molecule has 2 heterocycles. The second kappa shape index (κ2) is 5.02. The zero-order valence-corrected chi connectivity index (χ0v) is 10.4. The zero-order chi connectivity index (χ0) is 14.0. The minimum atomic E-state index is -0.432. The van der Waals surface area contributed by atoms with E-state index in [1.165, 1.54) is 12.5 Å². The van der Waals surface area contributed by atoms with Crippen molar-refractivity contribution in [3.63, 3.8) is 0 Å². The molecular formula is C11H15N7O. The third-order valence-electron chi connectivity index (χ3n) is 2.53. The van der Waals surface area contributed by atoms with Gasteiger partial charge in [0, 0.05) is 18.7 Å². The van der Waals surface area contributed by atoms with E-state index in [0.717, 1.165) is 0 Å². The minimum Gasteiger partial charge on any atom is -0.383 e. The highest BCUT2D eigenvalue weighted by Gasteiger charge is 2.16. The topological polar surface area (TPSA) is 147 Å². The average Bonchev–Trinajstić information content (AvgIpc) is 2.72. The van der Waals surface area contributed by atoms with Crippen molar-refractivity contribution in [3.05, 3.63) is 18.1 Å². The lowest BCUT2D eigenvalue weighted by molar-refractivity contribution is 0.0977. The Hall–Kier alpha value is -2.48. The molecule has 0 saturated carbocycles. The number of aromatic amines is 1. The number of hydrogen-bond donors (Lipinski definition) is 5. The molecule has 1 unspecified atom stereocenters. The average molecular weight is 261 g/mol. The summed E-state index contributed by atoms with van der Waals surface area (Å²) in [4.78, 5) is 22.7. The Morgan fingerprint density at radius 1 is 1.58 bits per heavy atom. The first kappa shape index (κ1) is 13.0. The number of anilines is 1. The van der Waals surface area contributed by atoms with Crippen molar-refractivity contribution in [1.82, 2.24) is 20.3 Å². The molecule has 0 aliphatic rings. The van der Waals surface area contributed by atoms with Crippen LogP contribution in [0.1, 0.15) is 23.7 Å². The highest BCUT2D eigenvalue weighted by molar-refractivity contribution is 6.14. The molecule has 0 bridgehead atoms. The van der Waals surface area contributed by atoms with Crippen molar-refractivity contribution in [3.8, 4) is 0 Å². The molecule has 0 spiro atoms. The van der Waals surface area contributed by atoms with Gasteiger partial charge in [-0.05, 0) is 6.92 Å². The quantitative estimate of drug-likeness (QED) is 0.389. The van der Waals surface area contributed by atoms with Crippen molar-refractivity contribution in [2.45, 2.75) is 19.4 Å². The molecule has 2 rings (SSSR count). The van der Waals surface area contributed by atoms with Crippen LogP contribution in [-0.4, -0.2) is 32.7 Å². The van der Waals surface area contributed by atoms with Gasteiger partial charge in [0.15, 0.2) is 0 Å². The zero-order valence-electron chi connectivity index (χ0n) is 10.4. The molecule has 100 valence electrons. The molecule has 0 radical (unpaired) electrons. The van der Waals surface area contributed by atoms with Crippen molar-refractivity contribution in [1.29, 1.82) is 5.41 Å². The first-order valence-corrected chi connectivity index (χ1v) is 5.71. The van der Waals surface area contributed by atoms with Crippen molar-refractivity contribution in [2.75, 3.05) is 5.73 Å². The number of carbonyl (C=O) groups is 1. The molecule has 1 atom stereocenters. The van der Waals surface area contributed by atoms with E-state index in [2.05, 4.69) is 20.3 Å². The number of hydrogen-bond acceptors (Lipinski definition) is 6. The van der Waals surface area contributed by atoms with Crippen LogP contribution in [0.3, 0.4) is 0 Å². The van der Waals surface area contributed by atoms with Gasteiger partial charge in [0.2, 0.25) is 0 Å². The van der Waals surface area contributed by atoms with Gasteiger partial charge in [-0.3, -0.25) is 10.2 Å². The van der Waals surface area contributed by atoms with Gasteiger partial charge in [-0.15, -0.1) is 0 Å². The van der Waals surface area contributed by atoms with E-state index in [0.29, 0.717) is 23.0 Å². The number of nitrogens with one attached hydrogen (secondary N) is 3. The number of amidine groups is 1. The van der Waals surface area contributed by atoms with Gasteiger partial charge in [-0.2, -0.15) is 0 Å². The molecule has 0 saturated heterocycles. The lowest BCUT2D eigenvalue weighted by atomic mass is 10.2. The molecule has 19 heavy (non-hydrogen) atoms. The summed E-state index contributed by atoms with van der Waals surface area (Å²) in [5.74, 6) is -0.154. The monoisotopic (exact) mass is 261 g/mol. The van der Waals surface area contributed by atoms with Crippen molar-refractivity contribution in [2.24, 2.45) is 5.73 Å². The van der Waals surface area contributed by atoms with E-state index in [9.17, 15) is 4.79 Å². The van der Waals surface area contributed by atoms with Crippen LogP contribution in [0.4, 0.5) is 5.82 Å². The fourth-order valence-corrected chi connectivity index (χ4v) is 1.74. The number of nitrogens with zero attached hydrogens (tertiary/aromatic N) is 2. The number of rotatable bonds is 3. The Balaban J connectivity index is 2.25. The maximum atomic E-state index is 12.0. The SMILES string of the molecule is CC(N)CC(=N)NC(=O)c1c[nH]c2ncnc(N)c12. The summed E-state index contributed by atoms with van der Waals surface area (Å²) in [7, 11) is 0. The number of amides is 1. The number of nitrogens with two attached hydrogens (primary N) is 2. The van der Waals surface area contributed by atoms with E-state index in [4.69, 9.17) is 16.9 Å². The van der Waals surface area contributed by atoms with Gasteiger partial charge >= 0.3 is 0 Å². The summed E-state index contributed by atoms with van der Waals surface area (Å²) >= 11 is 0. The Morgan fingerprint density at radius 2 is 2.32 bits per heavy atom. The van der Waals surface area contributed by atoms with Gasteiger partial charge in [-0.25, -0.2) is 9.97 Å². The Bertz CT molecular complexity index is 631. The van der Waals surface area contributed by atoms with Gasteiger partial charge < -0.3 is 21.8 Å². The van der Waals surface area contributed by atoms with Crippen LogP contribution in [0.25, 0.3) is 11.0 Å². The Labute approximate surface area is 109 Å². The van der Waals surface area contributed by atoms with Crippen LogP contribution in [0.15, 0.2) is 12.5 Å². The molecule has 8 nitrogen and oxygen atoms in total. The van der Waals surface area contributed by atoms with Gasteiger partial charge in [0.05, 0.1) is 10.9 Å². The third-order valence-corrected chi connectivity index (χ3v) is 2.53. The fourth-order valence-electron chi connectivity index (χ4n) is 1.74. The second-order valence-electron chi connectivity index (χ2n) is 4.30. The molecule has 2 aromatic heterocycles. The molecule has 2 aromatic rings. The Kier molecular flexibility index (Phi) is 3.43. The fraction of sp³-hybridized carbons (Fsp3) is 0.273. The molecule has 7 N–H and O–H groups in total. The van der Waals surface area contributed by atoms with E-state index in [-0.39, 0.29) is 17.7 Å². The number of nitrogen functional groups attached to an aromatic ring is 1. The van der Waals surface area contributed by atoms with Crippen molar-refractivity contribution >= 4 is 28.6 Å². The lowest BCUT2D eigenvalue weighted by Crippen LogP contribution is -2.33. The van der Waals surface area contributed by atoms with E-state index in [1.54, 1.807) is 6.92 Å². The van der Waals surface area contributed by atoms with Gasteiger partial charge in [0.25, 0.3) is 5.91 Å². The van der Waals surface area contributed by atoms with Crippen LogP contribution in [0.5, 0.6) is 0 Å². The number of fused-ring (bicyclic) bond motifs is 1. The van der Waals surface area contributed by atoms with Crippen LogP contribution in [0.2, 0.25) is 0 Å². The number of H-pyrrole nitrogens is 1. The van der Waals surface area contributed by atoms with E-state index in [1.807, 2.05) is 0 Å². The first-order valence-electron chi connectivity index (χ1n) is 5.71. The second-order valence-corrected chi connectivity index (χ2v) is 4.30. The maximum Gasteiger partial charge on any atom is 0.258 e. The van der Waals surface area contributed by atoms with Crippen LogP contribution < -0.4 is 16.8 Å². The van der Waals surface area contributed by atoms with Gasteiger partial charge in [-0.1, -0.05) is 0 Å². The predicted molar refractivity (Wildman–Crippen MR) is 71.8 cm³/mol. The van der Waals surface area contributed by atoms with E-state index < -0.39 is 5.91 Å². The minimum absolute atomic E-state index is 0.0600. The lowest BCUT2D eigenvalue weighted by Gasteiger charge is -2.08. The number of carbonyl (C=O) groups excluding carboxylic acids is 1. The normalized spacial score (nSPS) is 12.3. The van der Waals surface area contributed by atoms with Gasteiger partial charge in [0.1, 0.15) is 23.6 Å². The largest absolute Gasteiger partial charge is 0.383 e. The summed E-state index contributed by atoms with van der Waals surface area (Å²) < 4.78 is 0. The summed E-state index contributed by atoms with van der Waals surface area (Å²) in [6.07, 6.45) is 3.10. The predicted octanol–water partition coefficient (Wildman–Crippen LogP) is -0.0155. The summed E-state index contributed by atoms with van der Waals surface area (Å²) in [5.41, 5.74) is 12.1. The maximum absolute atomic E-state index is 12.0. The molecule has 0 aromatic carbocycles. The smallest absolute Gasteiger partial charge is 0.258 e. The molecule has 0 fully saturated rings. The first-order chi connectivity index (χ1) is 8.99. The number of aromatic nitrogens is 3. The summed E-state index contributed by atoms with van der Waals surface area (Å²) in [6.45, 7) is 1.76. The van der Waals surface area contributed by atoms with Crippen molar-refractivity contribution < 1.29 is 4.79 Å². The van der Waals surface area contributed by atoms with Crippen LogP contribution in [0, 0.1) is 5.41 Å². The molecule has 8 heteroatoms.